The zero-order chi connectivity index (χ0) is 19.0. The molecule has 142 valence electrons. The lowest BCUT2D eigenvalue weighted by molar-refractivity contribution is 0.102. The molecule has 1 amide bonds. The van der Waals surface area contributed by atoms with Crippen LogP contribution in [-0.2, 0) is 11.1 Å². The highest BCUT2D eigenvalue weighted by atomic mass is 127. The molecule has 1 saturated heterocycles. The number of benzene rings is 2. The van der Waals surface area contributed by atoms with Crippen molar-refractivity contribution in [3.8, 4) is 0 Å². The van der Waals surface area contributed by atoms with Crippen molar-refractivity contribution in [2.75, 3.05) is 23.3 Å². The number of piperidine rings is 1. The van der Waals surface area contributed by atoms with Gasteiger partial charge in [-0.15, -0.1) is 0 Å². The van der Waals surface area contributed by atoms with Crippen LogP contribution < -0.4 is 10.2 Å². The number of hydrogen-bond acceptors (Lipinski definition) is 3. The summed E-state index contributed by atoms with van der Waals surface area (Å²) in [5.41, 5.74) is 2.70. The molecular weight excluding hydrogens is 475 g/mol. The van der Waals surface area contributed by atoms with Gasteiger partial charge in [-0.05, 0) is 90.1 Å². The second kappa shape index (κ2) is 7.52. The average molecular weight is 496 g/mol. The summed E-state index contributed by atoms with van der Waals surface area (Å²) in [7, 11) is 0. The molecular formula is C20H21IN2O3S. The normalized spacial score (nSPS) is 19.0. The Hall–Kier alpha value is -1.45. The molecule has 5 nitrogen and oxygen atoms in total. The third-order valence-corrected chi connectivity index (χ3v) is 6.95. The Balaban J connectivity index is 1.56. The van der Waals surface area contributed by atoms with Crippen LogP contribution >= 0.6 is 22.6 Å². The molecule has 0 radical (unpaired) electrons. The maximum absolute atomic E-state index is 12.9. The van der Waals surface area contributed by atoms with Crippen LogP contribution in [-0.4, -0.2) is 27.8 Å². The Labute approximate surface area is 175 Å². The van der Waals surface area contributed by atoms with Gasteiger partial charge in [0.15, 0.2) is 11.1 Å². The van der Waals surface area contributed by atoms with E-state index in [0.29, 0.717) is 16.7 Å². The molecule has 1 atom stereocenters. The number of nitrogens with zero attached hydrogens (tertiary/aromatic N) is 1. The highest BCUT2D eigenvalue weighted by Gasteiger charge is 2.44. The van der Waals surface area contributed by atoms with Gasteiger partial charge in [0.1, 0.15) is 0 Å². The largest absolute Gasteiger partial charge is 0.371 e. The van der Waals surface area contributed by atoms with Gasteiger partial charge in [0.2, 0.25) is 0 Å². The van der Waals surface area contributed by atoms with Crippen LogP contribution in [0.2, 0.25) is 0 Å². The molecule has 0 bridgehead atoms. The maximum Gasteiger partial charge on any atom is 0.257 e. The van der Waals surface area contributed by atoms with Crippen LogP contribution in [0.5, 0.6) is 0 Å². The average Bonchev–Trinajstić information content (AvgIpc) is 3.41. The molecule has 7 heteroatoms. The fourth-order valence-electron chi connectivity index (χ4n) is 3.74. The Morgan fingerprint density at radius 1 is 1.11 bits per heavy atom. The molecule has 2 N–H and O–H groups in total. The van der Waals surface area contributed by atoms with E-state index in [4.69, 9.17) is 0 Å². The zero-order valence-electron chi connectivity index (χ0n) is 14.8. The quantitative estimate of drug-likeness (QED) is 0.483. The highest BCUT2D eigenvalue weighted by molar-refractivity contribution is 14.1. The summed E-state index contributed by atoms with van der Waals surface area (Å²) >= 11 is 0.204. The van der Waals surface area contributed by atoms with Crippen LogP contribution in [0, 0.1) is 8.99 Å². The molecule has 2 aromatic carbocycles. The van der Waals surface area contributed by atoms with Crippen molar-refractivity contribution in [1.29, 1.82) is 0 Å². The number of hydrogen-bond donors (Lipinski definition) is 2. The van der Waals surface area contributed by atoms with Crippen LogP contribution in [0.15, 0.2) is 47.4 Å². The number of halogens is 1. The van der Waals surface area contributed by atoms with Crippen molar-refractivity contribution >= 4 is 51.0 Å². The minimum Gasteiger partial charge on any atom is -0.371 e. The van der Waals surface area contributed by atoms with Crippen molar-refractivity contribution in [1.82, 2.24) is 0 Å². The molecule has 2 aromatic rings. The van der Waals surface area contributed by atoms with Gasteiger partial charge in [-0.3, -0.25) is 4.79 Å². The Morgan fingerprint density at radius 3 is 2.52 bits per heavy atom. The predicted molar refractivity (Wildman–Crippen MR) is 116 cm³/mol. The first kappa shape index (κ1) is 18.9. The van der Waals surface area contributed by atoms with Gasteiger partial charge in [0.05, 0.1) is 16.1 Å². The minimum atomic E-state index is -2.07. The molecule has 1 aliphatic heterocycles. The van der Waals surface area contributed by atoms with Crippen molar-refractivity contribution in [2.24, 2.45) is 5.41 Å². The van der Waals surface area contributed by atoms with E-state index in [0.717, 1.165) is 22.3 Å². The van der Waals surface area contributed by atoms with E-state index < -0.39 is 11.1 Å². The summed E-state index contributed by atoms with van der Waals surface area (Å²) in [4.78, 5) is 15.5. The summed E-state index contributed by atoms with van der Waals surface area (Å²) in [6, 6.07) is 12.3. The number of rotatable bonds is 4. The van der Waals surface area contributed by atoms with Crippen molar-refractivity contribution in [3.63, 3.8) is 0 Å². The van der Waals surface area contributed by atoms with Crippen LogP contribution in [0.4, 0.5) is 11.4 Å². The van der Waals surface area contributed by atoms with Gasteiger partial charge in [-0.1, -0.05) is 6.07 Å². The zero-order valence-corrected chi connectivity index (χ0v) is 17.8. The Kier molecular flexibility index (Phi) is 5.26. The molecule has 1 heterocycles. The molecule has 2 aliphatic rings. The second-order valence-electron chi connectivity index (χ2n) is 7.38. The lowest BCUT2D eigenvalue weighted by Crippen LogP contribution is -2.35. The van der Waals surface area contributed by atoms with Gasteiger partial charge in [-0.2, -0.15) is 0 Å². The molecule has 0 aromatic heterocycles. The summed E-state index contributed by atoms with van der Waals surface area (Å²) in [5.74, 6) is -0.200. The van der Waals surface area contributed by atoms with Gasteiger partial charge >= 0.3 is 0 Å². The first-order chi connectivity index (χ1) is 13.0. The third-order valence-electron chi connectivity index (χ3n) is 5.62. The molecule has 27 heavy (non-hydrogen) atoms. The van der Waals surface area contributed by atoms with E-state index in [-0.39, 0.29) is 10.8 Å². The summed E-state index contributed by atoms with van der Waals surface area (Å²) < 4.78 is 21.6. The van der Waals surface area contributed by atoms with Gasteiger partial charge in [0, 0.05) is 22.3 Å². The topological polar surface area (TPSA) is 69.6 Å². The van der Waals surface area contributed by atoms with Gasteiger partial charge < -0.3 is 14.8 Å². The standard InChI is InChI=1S/C20H21IN2O3S/c21-14-4-5-17(18(12-14)23-10-8-20(6-7-20)9-11-23)19(24)22-15-2-1-3-16(13-15)27(25)26/h1-5,12-13H,6-11H2,(H,22,24)(H,25,26). The van der Waals surface area contributed by atoms with E-state index in [9.17, 15) is 13.6 Å². The monoisotopic (exact) mass is 496 g/mol. The van der Waals surface area contributed by atoms with E-state index in [2.05, 4.69) is 38.9 Å². The third kappa shape index (κ3) is 4.20. The van der Waals surface area contributed by atoms with Crippen LogP contribution in [0.3, 0.4) is 0 Å². The molecule has 1 saturated carbocycles. The number of nitrogens with one attached hydrogen (secondary N) is 1. The lowest BCUT2D eigenvalue weighted by atomic mass is 9.93. The van der Waals surface area contributed by atoms with E-state index >= 15 is 0 Å². The smallest absolute Gasteiger partial charge is 0.257 e. The fourth-order valence-corrected chi connectivity index (χ4v) is 4.64. The van der Waals surface area contributed by atoms with Crippen LogP contribution in [0.1, 0.15) is 36.0 Å². The van der Waals surface area contributed by atoms with Gasteiger partial charge in [-0.25, -0.2) is 4.21 Å². The SMILES string of the molecule is O=C(Nc1cccc(S(=O)O)c1)c1ccc(I)cc1N1CCC2(CC1)CC2. The predicted octanol–water partition coefficient (Wildman–Crippen LogP) is 4.50. The molecule has 1 aliphatic carbocycles. The summed E-state index contributed by atoms with van der Waals surface area (Å²) in [5, 5.41) is 2.87. The van der Waals surface area contributed by atoms with Crippen molar-refractivity contribution in [3.05, 3.63) is 51.6 Å². The van der Waals surface area contributed by atoms with Crippen molar-refractivity contribution < 1.29 is 13.6 Å². The highest BCUT2D eigenvalue weighted by Crippen LogP contribution is 2.54. The Bertz CT molecular complexity index is 904. The lowest BCUT2D eigenvalue weighted by Gasteiger charge is -2.35. The first-order valence-corrected chi connectivity index (χ1v) is 11.2. The molecule has 2 fully saturated rings. The van der Waals surface area contributed by atoms with E-state index in [1.165, 1.54) is 31.7 Å². The summed E-state index contributed by atoms with van der Waals surface area (Å²) in [6.45, 7) is 1.97. The number of carbonyl (C=O) groups is 1. The first-order valence-electron chi connectivity index (χ1n) is 9.03. The van der Waals surface area contributed by atoms with Gasteiger partial charge in [0.25, 0.3) is 5.91 Å². The fraction of sp³-hybridized carbons (Fsp3) is 0.350. The number of carbonyl (C=O) groups excluding carboxylic acids is 1. The second-order valence-corrected chi connectivity index (χ2v) is 9.59. The number of anilines is 2. The molecule has 1 unspecified atom stereocenters. The van der Waals surface area contributed by atoms with Crippen molar-refractivity contribution in [2.45, 2.75) is 30.6 Å². The Morgan fingerprint density at radius 2 is 1.85 bits per heavy atom. The molecule has 1 spiro atoms. The molecule has 4 rings (SSSR count). The van der Waals surface area contributed by atoms with E-state index in [1.54, 1.807) is 18.2 Å². The van der Waals surface area contributed by atoms with Crippen LogP contribution in [0.25, 0.3) is 0 Å². The minimum absolute atomic E-state index is 0.200. The number of amides is 1. The summed E-state index contributed by atoms with van der Waals surface area (Å²) in [6.07, 6.45) is 5.10. The maximum atomic E-state index is 12.9. The van der Waals surface area contributed by atoms with E-state index in [1.807, 2.05) is 12.1 Å².